The van der Waals surface area contributed by atoms with E-state index in [1.165, 1.54) is 0 Å². The molecule has 0 aromatic rings. The van der Waals surface area contributed by atoms with Gasteiger partial charge in [0.25, 0.3) is 0 Å². The molecule has 1 aliphatic carbocycles. The summed E-state index contributed by atoms with van der Waals surface area (Å²) in [4.78, 5) is 11.5. The summed E-state index contributed by atoms with van der Waals surface area (Å²) in [5.41, 5.74) is 0.351. The van der Waals surface area contributed by atoms with Crippen LogP contribution in [0.25, 0.3) is 0 Å². The Hall–Kier alpha value is -0.570. The second-order valence-corrected chi connectivity index (χ2v) is 6.29. The molecule has 1 heterocycles. The van der Waals surface area contributed by atoms with Crippen molar-refractivity contribution in [2.45, 2.75) is 45.6 Å². The van der Waals surface area contributed by atoms with E-state index in [2.05, 4.69) is 26.1 Å². The van der Waals surface area contributed by atoms with Crippen LogP contribution in [0.3, 0.4) is 0 Å². The molecule has 3 nitrogen and oxygen atoms in total. The van der Waals surface area contributed by atoms with Crippen LogP contribution in [0.1, 0.15) is 41.5 Å². The molecule has 0 aromatic carbocycles. The van der Waals surface area contributed by atoms with E-state index in [-0.39, 0.29) is 18.3 Å². The summed E-state index contributed by atoms with van der Waals surface area (Å²) in [7, 11) is 0. The van der Waals surface area contributed by atoms with Crippen molar-refractivity contribution >= 4 is 5.91 Å². The van der Waals surface area contributed by atoms with E-state index in [1.807, 2.05) is 0 Å². The highest BCUT2D eigenvalue weighted by atomic mass is 16.6. The van der Waals surface area contributed by atoms with Crippen molar-refractivity contribution in [2.24, 2.45) is 11.3 Å². The van der Waals surface area contributed by atoms with Crippen molar-refractivity contribution in [1.82, 2.24) is 5.32 Å². The van der Waals surface area contributed by atoms with Gasteiger partial charge in [0.05, 0.1) is 12.2 Å². The zero-order chi connectivity index (χ0) is 11.1. The standard InChI is InChI=1S/C12H21NO2.H2/c1-11(2,3)6-10(14)13-7-9-4-12(5-9)8-15-12;/h9H,4-8H2,1-3H3,(H,13,14);1H. The Morgan fingerprint density at radius 3 is 2.60 bits per heavy atom. The molecule has 2 fully saturated rings. The lowest BCUT2D eigenvalue weighted by Gasteiger charge is -2.33. The minimum Gasteiger partial charge on any atom is -0.370 e. The lowest BCUT2D eigenvalue weighted by Crippen LogP contribution is -2.41. The molecule has 0 bridgehead atoms. The van der Waals surface area contributed by atoms with Crippen LogP contribution >= 0.6 is 0 Å². The average Bonchev–Trinajstić information content (AvgIpc) is 2.73. The fraction of sp³-hybridized carbons (Fsp3) is 0.917. The van der Waals surface area contributed by atoms with Crippen LogP contribution in [-0.2, 0) is 9.53 Å². The van der Waals surface area contributed by atoms with E-state index < -0.39 is 0 Å². The third-order valence-corrected chi connectivity index (χ3v) is 3.15. The molecular formula is C12H23NO2. The van der Waals surface area contributed by atoms with Gasteiger partial charge in [-0.05, 0) is 24.2 Å². The van der Waals surface area contributed by atoms with E-state index in [0.29, 0.717) is 12.3 Å². The summed E-state index contributed by atoms with van der Waals surface area (Å²) < 4.78 is 5.34. The molecule has 1 N–H and O–H groups in total. The second kappa shape index (κ2) is 3.48. The summed E-state index contributed by atoms with van der Waals surface area (Å²) in [5.74, 6) is 0.830. The Morgan fingerprint density at radius 1 is 1.53 bits per heavy atom. The molecule has 1 amide bonds. The number of ether oxygens (including phenoxy) is 1. The number of rotatable bonds is 3. The third kappa shape index (κ3) is 2.94. The van der Waals surface area contributed by atoms with Gasteiger partial charge in [-0.15, -0.1) is 0 Å². The lowest BCUT2D eigenvalue weighted by molar-refractivity contribution is -0.123. The molecular weight excluding hydrogens is 190 g/mol. The highest BCUT2D eigenvalue weighted by Crippen LogP contribution is 2.49. The minimum absolute atomic E-state index is 0. The number of hydrogen-bond acceptors (Lipinski definition) is 2. The number of carbonyl (C=O) groups excluding carboxylic acids is 1. The topological polar surface area (TPSA) is 41.6 Å². The summed E-state index contributed by atoms with van der Waals surface area (Å²) >= 11 is 0. The first kappa shape index (κ1) is 10.9. The van der Waals surface area contributed by atoms with Crippen molar-refractivity contribution in [2.75, 3.05) is 13.2 Å². The van der Waals surface area contributed by atoms with Gasteiger partial charge in [0, 0.05) is 14.4 Å². The highest BCUT2D eigenvalue weighted by molar-refractivity contribution is 5.76. The lowest BCUT2D eigenvalue weighted by atomic mass is 9.75. The maximum atomic E-state index is 11.5. The molecule has 1 aliphatic heterocycles. The van der Waals surface area contributed by atoms with Crippen molar-refractivity contribution < 1.29 is 11.0 Å². The van der Waals surface area contributed by atoms with Crippen LogP contribution in [0, 0.1) is 11.3 Å². The first-order chi connectivity index (χ1) is 6.89. The summed E-state index contributed by atoms with van der Waals surface area (Å²) in [6.07, 6.45) is 2.90. The number of nitrogens with one attached hydrogen (secondary N) is 1. The fourth-order valence-electron chi connectivity index (χ4n) is 2.28. The van der Waals surface area contributed by atoms with Crippen LogP contribution in [0.4, 0.5) is 0 Å². The summed E-state index contributed by atoms with van der Waals surface area (Å²) in [6.45, 7) is 8.04. The zero-order valence-corrected chi connectivity index (χ0v) is 9.93. The molecule has 1 saturated carbocycles. The van der Waals surface area contributed by atoms with Gasteiger partial charge in [0.15, 0.2) is 0 Å². The largest absolute Gasteiger partial charge is 0.370 e. The first-order valence-corrected chi connectivity index (χ1v) is 5.79. The fourth-order valence-corrected chi connectivity index (χ4v) is 2.28. The van der Waals surface area contributed by atoms with Crippen LogP contribution < -0.4 is 5.32 Å². The smallest absolute Gasteiger partial charge is 0.220 e. The Bertz CT molecular complexity index is 261. The second-order valence-electron chi connectivity index (χ2n) is 6.29. The first-order valence-electron chi connectivity index (χ1n) is 5.79. The third-order valence-electron chi connectivity index (χ3n) is 3.15. The normalized spacial score (nSPS) is 33.7. The van der Waals surface area contributed by atoms with Crippen molar-refractivity contribution in [3.63, 3.8) is 0 Å². The van der Waals surface area contributed by atoms with Gasteiger partial charge in [0.1, 0.15) is 0 Å². The quantitative estimate of drug-likeness (QED) is 0.728. The molecule has 3 heteroatoms. The number of hydrogen-bond donors (Lipinski definition) is 1. The average molecular weight is 213 g/mol. The maximum Gasteiger partial charge on any atom is 0.220 e. The molecule has 1 spiro atoms. The molecule has 15 heavy (non-hydrogen) atoms. The van der Waals surface area contributed by atoms with Gasteiger partial charge in [-0.3, -0.25) is 4.79 Å². The molecule has 2 aliphatic rings. The molecule has 0 aromatic heterocycles. The zero-order valence-electron chi connectivity index (χ0n) is 9.93. The highest BCUT2D eigenvalue weighted by Gasteiger charge is 2.54. The Morgan fingerprint density at radius 2 is 2.13 bits per heavy atom. The van der Waals surface area contributed by atoms with Gasteiger partial charge in [-0.25, -0.2) is 0 Å². The van der Waals surface area contributed by atoms with Gasteiger partial charge >= 0.3 is 0 Å². The van der Waals surface area contributed by atoms with Crippen LogP contribution in [0.15, 0.2) is 0 Å². The predicted octanol–water partition coefficient (Wildman–Crippen LogP) is 1.96. The van der Waals surface area contributed by atoms with Crippen molar-refractivity contribution in [1.29, 1.82) is 0 Å². The van der Waals surface area contributed by atoms with Crippen LogP contribution in [0.5, 0.6) is 0 Å². The van der Waals surface area contributed by atoms with E-state index in [0.717, 1.165) is 26.0 Å². The monoisotopic (exact) mass is 213 g/mol. The summed E-state index contributed by atoms with van der Waals surface area (Å²) in [6, 6.07) is 0. The Labute approximate surface area is 93.1 Å². The van der Waals surface area contributed by atoms with Crippen LogP contribution in [-0.4, -0.2) is 24.7 Å². The maximum absolute atomic E-state index is 11.5. The molecule has 1 saturated heterocycles. The van der Waals surface area contributed by atoms with Crippen molar-refractivity contribution in [3.8, 4) is 0 Å². The molecule has 0 atom stereocenters. The van der Waals surface area contributed by atoms with Gasteiger partial charge in [0.2, 0.25) is 5.91 Å². The van der Waals surface area contributed by atoms with Gasteiger partial charge < -0.3 is 10.1 Å². The van der Waals surface area contributed by atoms with E-state index in [4.69, 9.17) is 4.74 Å². The number of carbonyl (C=O) groups is 1. The Balaban J connectivity index is 0.00000128. The summed E-state index contributed by atoms with van der Waals surface area (Å²) in [5, 5.41) is 3.01. The van der Waals surface area contributed by atoms with E-state index >= 15 is 0 Å². The van der Waals surface area contributed by atoms with Gasteiger partial charge in [-0.2, -0.15) is 0 Å². The number of amides is 1. The SMILES string of the molecule is CC(C)(C)CC(=O)NCC1CC2(CO2)C1.[HH]. The van der Waals surface area contributed by atoms with Crippen LogP contribution in [0.2, 0.25) is 0 Å². The molecule has 88 valence electrons. The Kier molecular flexibility index (Phi) is 2.53. The number of epoxide rings is 1. The minimum atomic E-state index is 0. The predicted molar refractivity (Wildman–Crippen MR) is 60.6 cm³/mol. The van der Waals surface area contributed by atoms with E-state index in [9.17, 15) is 4.79 Å². The van der Waals surface area contributed by atoms with Crippen molar-refractivity contribution in [3.05, 3.63) is 0 Å². The van der Waals surface area contributed by atoms with E-state index in [1.54, 1.807) is 0 Å². The molecule has 0 unspecified atom stereocenters. The molecule has 2 rings (SSSR count). The van der Waals surface area contributed by atoms with Gasteiger partial charge in [-0.1, -0.05) is 20.8 Å². The molecule has 0 radical (unpaired) electrons.